The fraction of sp³-hybridized carbons (Fsp3) is 0.304. The van der Waals surface area contributed by atoms with E-state index in [-0.39, 0.29) is 5.91 Å². The summed E-state index contributed by atoms with van der Waals surface area (Å²) in [6.45, 7) is 4.83. The summed E-state index contributed by atoms with van der Waals surface area (Å²) in [5, 5.41) is 4.75. The SMILES string of the molecule is COc1ccc(OC)c(-c2nn(-c3ccccc3)cc2C(=O)N(C)CC(C)C)c1. The number of nitrogens with zero attached hydrogens (tertiary/aromatic N) is 3. The Labute approximate surface area is 171 Å². The highest BCUT2D eigenvalue weighted by Crippen LogP contribution is 2.35. The quantitative estimate of drug-likeness (QED) is 0.601. The number of methoxy groups -OCH3 is 2. The number of ether oxygens (including phenoxy) is 2. The summed E-state index contributed by atoms with van der Waals surface area (Å²) in [4.78, 5) is 15.0. The van der Waals surface area contributed by atoms with E-state index in [1.807, 2.05) is 55.6 Å². The number of para-hydroxylation sites is 1. The maximum Gasteiger partial charge on any atom is 0.257 e. The van der Waals surface area contributed by atoms with Crippen molar-refractivity contribution in [3.63, 3.8) is 0 Å². The lowest BCUT2D eigenvalue weighted by molar-refractivity contribution is 0.0780. The normalized spacial score (nSPS) is 10.8. The van der Waals surface area contributed by atoms with Gasteiger partial charge < -0.3 is 14.4 Å². The van der Waals surface area contributed by atoms with Crippen LogP contribution in [0.25, 0.3) is 16.9 Å². The van der Waals surface area contributed by atoms with Gasteiger partial charge in [0.05, 0.1) is 25.5 Å². The van der Waals surface area contributed by atoms with Gasteiger partial charge >= 0.3 is 0 Å². The predicted molar refractivity (Wildman–Crippen MR) is 114 cm³/mol. The molecule has 0 saturated carbocycles. The first kappa shape index (κ1) is 20.5. The molecule has 1 heterocycles. The summed E-state index contributed by atoms with van der Waals surface area (Å²) in [5.41, 5.74) is 2.66. The van der Waals surface area contributed by atoms with E-state index >= 15 is 0 Å². The Hall–Kier alpha value is -3.28. The number of hydrogen-bond donors (Lipinski definition) is 0. The summed E-state index contributed by atoms with van der Waals surface area (Å²) >= 11 is 0. The lowest BCUT2D eigenvalue weighted by Gasteiger charge is -2.19. The molecule has 0 N–H and O–H groups in total. The second-order valence-corrected chi connectivity index (χ2v) is 7.32. The van der Waals surface area contributed by atoms with Crippen LogP contribution in [0.3, 0.4) is 0 Å². The fourth-order valence-electron chi connectivity index (χ4n) is 3.28. The van der Waals surface area contributed by atoms with Crippen LogP contribution in [0.1, 0.15) is 24.2 Å². The van der Waals surface area contributed by atoms with Crippen LogP contribution in [-0.2, 0) is 0 Å². The number of rotatable bonds is 7. The lowest BCUT2D eigenvalue weighted by Crippen LogP contribution is -2.30. The molecule has 6 heteroatoms. The number of carbonyl (C=O) groups is 1. The molecule has 0 bridgehead atoms. The van der Waals surface area contributed by atoms with Crippen LogP contribution in [-0.4, -0.2) is 48.4 Å². The molecule has 0 aliphatic carbocycles. The standard InChI is InChI=1S/C23H27N3O3/c1-16(2)14-25(3)23(27)20-15-26(17-9-7-6-8-10-17)24-22(20)19-13-18(28-4)11-12-21(19)29-5/h6-13,15-16H,14H2,1-5H3. The second-order valence-electron chi connectivity index (χ2n) is 7.32. The van der Waals surface area contributed by atoms with Crippen molar-refractivity contribution in [2.75, 3.05) is 27.8 Å². The topological polar surface area (TPSA) is 56.6 Å². The summed E-state index contributed by atoms with van der Waals surface area (Å²) in [6, 6.07) is 15.2. The Morgan fingerprint density at radius 1 is 1.10 bits per heavy atom. The van der Waals surface area contributed by atoms with Crippen LogP contribution in [0.5, 0.6) is 11.5 Å². The molecule has 3 aromatic rings. The van der Waals surface area contributed by atoms with Crippen molar-refractivity contribution in [2.45, 2.75) is 13.8 Å². The van der Waals surface area contributed by atoms with Crippen molar-refractivity contribution in [3.8, 4) is 28.4 Å². The van der Waals surface area contributed by atoms with Gasteiger partial charge in [0.2, 0.25) is 0 Å². The van der Waals surface area contributed by atoms with Gasteiger partial charge in [0.25, 0.3) is 5.91 Å². The fourth-order valence-corrected chi connectivity index (χ4v) is 3.28. The summed E-state index contributed by atoms with van der Waals surface area (Å²) < 4.78 is 12.7. The third-order valence-corrected chi connectivity index (χ3v) is 4.61. The smallest absolute Gasteiger partial charge is 0.257 e. The van der Waals surface area contributed by atoms with Crippen LogP contribution in [0.15, 0.2) is 54.7 Å². The van der Waals surface area contributed by atoms with Crippen LogP contribution in [0, 0.1) is 5.92 Å². The minimum atomic E-state index is -0.0826. The maximum absolute atomic E-state index is 13.3. The van der Waals surface area contributed by atoms with Crippen molar-refractivity contribution < 1.29 is 14.3 Å². The summed E-state index contributed by atoms with van der Waals surface area (Å²) in [5.74, 6) is 1.58. The first-order valence-electron chi connectivity index (χ1n) is 9.57. The molecule has 3 rings (SSSR count). The van der Waals surface area contributed by atoms with Gasteiger partial charge in [-0.15, -0.1) is 0 Å². The highest BCUT2D eigenvalue weighted by Gasteiger charge is 2.24. The number of carbonyl (C=O) groups excluding carboxylic acids is 1. The highest BCUT2D eigenvalue weighted by molar-refractivity contribution is 6.00. The van der Waals surface area contributed by atoms with Crippen LogP contribution in [0.4, 0.5) is 0 Å². The molecule has 152 valence electrons. The van der Waals surface area contributed by atoms with Gasteiger partial charge in [0.1, 0.15) is 17.2 Å². The molecule has 0 unspecified atom stereocenters. The van der Waals surface area contributed by atoms with E-state index in [0.29, 0.717) is 40.8 Å². The van der Waals surface area contributed by atoms with E-state index in [0.717, 1.165) is 5.69 Å². The second kappa shape index (κ2) is 8.82. The molecule has 0 spiro atoms. The Morgan fingerprint density at radius 3 is 2.45 bits per heavy atom. The zero-order valence-electron chi connectivity index (χ0n) is 17.5. The molecular formula is C23H27N3O3. The monoisotopic (exact) mass is 393 g/mol. The van der Waals surface area contributed by atoms with E-state index in [9.17, 15) is 4.79 Å². The zero-order chi connectivity index (χ0) is 21.0. The third-order valence-electron chi connectivity index (χ3n) is 4.61. The molecule has 0 saturated heterocycles. The Morgan fingerprint density at radius 2 is 1.83 bits per heavy atom. The molecule has 0 atom stereocenters. The van der Waals surface area contributed by atoms with E-state index in [1.54, 1.807) is 30.0 Å². The van der Waals surface area contributed by atoms with Crippen molar-refractivity contribution in [1.29, 1.82) is 0 Å². The molecule has 2 aromatic carbocycles. The van der Waals surface area contributed by atoms with Gasteiger partial charge in [-0.3, -0.25) is 4.79 Å². The lowest BCUT2D eigenvalue weighted by atomic mass is 10.1. The molecule has 0 aliphatic rings. The van der Waals surface area contributed by atoms with Gasteiger partial charge in [-0.2, -0.15) is 5.10 Å². The van der Waals surface area contributed by atoms with Crippen LogP contribution < -0.4 is 9.47 Å². The number of benzene rings is 2. The molecule has 1 aromatic heterocycles. The van der Waals surface area contributed by atoms with Crippen molar-refractivity contribution >= 4 is 5.91 Å². The molecule has 1 amide bonds. The molecule has 0 fully saturated rings. The molecule has 6 nitrogen and oxygen atoms in total. The van der Waals surface area contributed by atoms with Gasteiger partial charge in [-0.05, 0) is 36.2 Å². The summed E-state index contributed by atoms with van der Waals surface area (Å²) in [7, 11) is 5.03. The van der Waals surface area contributed by atoms with E-state index in [2.05, 4.69) is 13.8 Å². The molecule has 0 radical (unpaired) electrons. The van der Waals surface area contributed by atoms with Gasteiger partial charge in [0, 0.05) is 25.4 Å². The van der Waals surface area contributed by atoms with E-state index < -0.39 is 0 Å². The van der Waals surface area contributed by atoms with Gasteiger partial charge in [-0.1, -0.05) is 32.0 Å². The molecule has 0 aliphatic heterocycles. The van der Waals surface area contributed by atoms with E-state index in [4.69, 9.17) is 14.6 Å². The first-order chi connectivity index (χ1) is 13.9. The molecular weight excluding hydrogens is 366 g/mol. The van der Waals surface area contributed by atoms with Crippen LogP contribution in [0.2, 0.25) is 0 Å². The average molecular weight is 393 g/mol. The number of aromatic nitrogens is 2. The molecule has 29 heavy (non-hydrogen) atoms. The number of hydrogen-bond acceptors (Lipinski definition) is 4. The number of amides is 1. The van der Waals surface area contributed by atoms with Crippen molar-refractivity contribution in [3.05, 3.63) is 60.3 Å². The average Bonchev–Trinajstić information content (AvgIpc) is 3.18. The summed E-state index contributed by atoms with van der Waals surface area (Å²) in [6.07, 6.45) is 1.78. The zero-order valence-corrected chi connectivity index (χ0v) is 17.5. The Balaban J connectivity index is 2.17. The first-order valence-corrected chi connectivity index (χ1v) is 9.57. The maximum atomic E-state index is 13.3. The largest absolute Gasteiger partial charge is 0.497 e. The Kier molecular flexibility index (Phi) is 6.22. The van der Waals surface area contributed by atoms with Gasteiger partial charge in [-0.25, -0.2) is 4.68 Å². The van der Waals surface area contributed by atoms with Crippen LogP contribution >= 0.6 is 0 Å². The minimum Gasteiger partial charge on any atom is -0.497 e. The minimum absolute atomic E-state index is 0.0826. The Bertz CT molecular complexity index is 980. The predicted octanol–water partition coefficient (Wildman–Crippen LogP) is 4.28. The third kappa shape index (κ3) is 4.42. The van der Waals surface area contributed by atoms with Crippen molar-refractivity contribution in [2.24, 2.45) is 5.92 Å². The van der Waals surface area contributed by atoms with Gasteiger partial charge in [0.15, 0.2) is 0 Å². The highest BCUT2D eigenvalue weighted by atomic mass is 16.5. The van der Waals surface area contributed by atoms with E-state index in [1.165, 1.54) is 0 Å². The van der Waals surface area contributed by atoms with Crippen molar-refractivity contribution in [1.82, 2.24) is 14.7 Å².